The van der Waals surface area contributed by atoms with Crippen molar-refractivity contribution < 1.29 is 9.72 Å². The van der Waals surface area contributed by atoms with Crippen molar-refractivity contribution in [3.8, 4) is 0 Å². The Balaban J connectivity index is 1.51. The summed E-state index contributed by atoms with van der Waals surface area (Å²) >= 11 is 0. The van der Waals surface area contributed by atoms with Gasteiger partial charge in [0.25, 0.3) is 11.6 Å². The van der Waals surface area contributed by atoms with Crippen molar-refractivity contribution in [1.82, 2.24) is 5.32 Å². The molecule has 2 aliphatic rings. The van der Waals surface area contributed by atoms with Crippen molar-refractivity contribution in [2.75, 3.05) is 6.54 Å². The summed E-state index contributed by atoms with van der Waals surface area (Å²) in [6.45, 7) is 2.35. The largest absolute Gasteiger partial charge is 0.352 e. The molecule has 22 heavy (non-hydrogen) atoms. The minimum atomic E-state index is -0.424. The second-order valence-corrected chi connectivity index (χ2v) is 6.74. The molecule has 0 aromatic heterocycles. The highest BCUT2D eigenvalue weighted by atomic mass is 16.6. The van der Waals surface area contributed by atoms with E-state index in [0.717, 1.165) is 24.2 Å². The number of nitrogens with zero attached hydrogens (tertiary/aromatic N) is 1. The van der Waals surface area contributed by atoms with E-state index in [-0.39, 0.29) is 11.6 Å². The molecule has 3 unspecified atom stereocenters. The Bertz CT molecular complexity index is 600. The molecule has 5 heteroatoms. The first-order valence-electron chi connectivity index (χ1n) is 8.08. The van der Waals surface area contributed by atoms with E-state index in [1.54, 1.807) is 13.0 Å². The number of nitrogens with one attached hydrogen (secondary N) is 1. The molecule has 2 fully saturated rings. The number of hydrogen-bond donors (Lipinski definition) is 1. The fraction of sp³-hybridized carbons (Fsp3) is 0.588. The number of carbonyl (C=O) groups is 1. The van der Waals surface area contributed by atoms with Crippen LogP contribution in [-0.4, -0.2) is 17.4 Å². The molecule has 5 nitrogen and oxygen atoms in total. The zero-order valence-electron chi connectivity index (χ0n) is 12.9. The van der Waals surface area contributed by atoms with Gasteiger partial charge in [0.1, 0.15) is 0 Å². The molecule has 3 atom stereocenters. The van der Waals surface area contributed by atoms with Crippen molar-refractivity contribution in [3.63, 3.8) is 0 Å². The maximum Gasteiger partial charge on any atom is 0.272 e. The lowest BCUT2D eigenvalue weighted by Crippen LogP contribution is -2.27. The van der Waals surface area contributed by atoms with Crippen LogP contribution in [0.2, 0.25) is 0 Å². The molecule has 1 aromatic carbocycles. The van der Waals surface area contributed by atoms with Gasteiger partial charge >= 0.3 is 0 Å². The van der Waals surface area contributed by atoms with Gasteiger partial charge in [-0.1, -0.05) is 6.42 Å². The molecule has 1 N–H and O–H groups in total. The van der Waals surface area contributed by atoms with E-state index in [4.69, 9.17) is 0 Å². The van der Waals surface area contributed by atoms with Gasteiger partial charge in [0, 0.05) is 23.7 Å². The maximum absolute atomic E-state index is 12.1. The molecule has 0 radical (unpaired) electrons. The predicted octanol–water partition coefficient (Wildman–Crippen LogP) is 3.46. The molecule has 0 heterocycles. The highest BCUT2D eigenvalue weighted by Gasteiger charge is 2.38. The van der Waals surface area contributed by atoms with Crippen LogP contribution in [0.15, 0.2) is 18.2 Å². The van der Waals surface area contributed by atoms with E-state index >= 15 is 0 Å². The third-order valence-electron chi connectivity index (χ3n) is 5.34. The standard InChI is InChI=1S/C17H22N2O3/c1-11-8-15(4-5-16(11)19(21)22)17(20)18-7-6-14-10-12-2-3-13(14)9-12/h4-5,8,12-14H,2-3,6-7,9-10H2,1H3,(H,18,20). The Morgan fingerprint density at radius 2 is 2.18 bits per heavy atom. The number of hydrogen-bond acceptors (Lipinski definition) is 3. The minimum absolute atomic E-state index is 0.0542. The number of carbonyl (C=O) groups excluding carboxylic acids is 1. The van der Waals surface area contributed by atoms with E-state index in [0.29, 0.717) is 17.7 Å². The normalized spacial score (nSPS) is 26.1. The van der Waals surface area contributed by atoms with Crippen LogP contribution in [0.4, 0.5) is 5.69 Å². The van der Waals surface area contributed by atoms with Crippen LogP contribution in [0.5, 0.6) is 0 Å². The van der Waals surface area contributed by atoms with Crippen LogP contribution in [0.1, 0.15) is 48.0 Å². The third-order valence-corrected chi connectivity index (χ3v) is 5.34. The van der Waals surface area contributed by atoms with Gasteiger partial charge in [-0.3, -0.25) is 14.9 Å². The summed E-state index contributed by atoms with van der Waals surface area (Å²) in [7, 11) is 0. The lowest BCUT2D eigenvalue weighted by Gasteiger charge is -2.21. The fourth-order valence-electron chi connectivity index (χ4n) is 4.20. The van der Waals surface area contributed by atoms with Gasteiger partial charge in [-0.2, -0.15) is 0 Å². The van der Waals surface area contributed by atoms with Crippen LogP contribution >= 0.6 is 0 Å². The molecule has 2 bridgehead atoms. The lowest BCUT2D eigenvalue weighted by molar-refractivity contribution is -0.385. The average molecular weight is 302 g/mol. The number of fused-ring (bicyclic) bond motifs is 2. The minimum Gasteiger partial charge on any atom is -0.352 e. The maximum atomic E-state index is 12.1. The van der Waals surface area contributed by atoms with Crippen molar-refractivity contribution in [1.29, 1.82) is 0 Å². The first kappa shape index (κ1) is 15.0. The number of aryl methyl sites for hydroxylation is 1. The van der Waals surface area contributed by atoms with Crippen molar-refractivity contribution in [2.24, 2.45) is 17.8 Å². The van der Waals surface area contributed by atoms with E-state index in [9.17, 15) is 14.9 Å². The second kappa shape index (κ2) is 6.07. The van der Waals surface area contributed by atoms with E-state index < -0.39 is 4.92 Å². The summed E-state index contributed by atoms with van der Waals surface area (Å²) in [5, 5.41) is 13.7. The summed E-state index contributed by atoms with van der Waals surface area (Å²) in [5.74, 6) is 2.45. The van der Waals surface area contributed by atoms with Gasteiger partial charge in [-0.25, -0.2) is 0 Å². The van der Waals surface area contributed by atoms with E-state index in [2.05, 4.69) is 5.32 Å². The summed E-state index contributed by atoms with van der Waals surface area (Å²) in [6.07, 6.45) is 6.54. The number of rotatable bonds is 5. The van der Waals surface area contributed by atoms with E-state index in [1.165, 1.54) is 37.8 Å². The SMILES string of the molecule is Cc1cc(C(=O)NCCC2CC3CCC2C3)ccc1[N+](=O)[O-]. The highest BCUT2D eigenvalue weighted by molar-refractivity contribution is 5.94. The Morgan fingerprint density at radius 3 is 2.77 bits per heavy atom. The number of amides is 1. The van der Waals surface area contributed by atoms with Crippen molar-refractivity contribution >= 4 is 11.6 Å². The highest BCUT2D eigenvalue weighted by Crippen LogP contribution is 2.49. The third kappa shape index (κ3) is 2.98. The van der Waals surface area contributed by atoms with Gasteiger partial charge in [0.2, 0.25) is 0 Å². The van der Waals surface area contributed by atoms with Crippen LogP contribution in [0.25, 0.3) is 0 Å². The van der Waals surface area contributed by atoms with Gasteiger partial charge < -0.3 is 5.32 Å². The topological polar surface area (TPSA) is 72.2 Å². The first-order chi connectivity index (χ1) is 10.5. The number of benzene rings is 1. The van der Waals surface area contributed by atoms with Gasteiger partial charge in [-0.05, 0) is 62.5 Å². The van der Waals surface area contributed by atoms with Crippen molar-refractivity contribution in [3.05, 3.63) is 39.4 Å². The molecular weight excluding hydrogens is 280 g/mol. The second-order valence-electron chi connectivity index (χ2n) is 6.74. The lowest BCUT2D eigenvalue weighted by atomic mass is 9.86. The van der Waals surface area contributed by atoms with Crippen LogP contribution in [0.3, 0.4) is 0 Å². The van der Waals surface area contributed by atoms with Crippen LogP contribution in [0, 0.1) is 34.8 Å². The molecule has 1 aromatic rings. The number of nitro groups is 1. The van der Waals surface area contributed by atoms with Gasteiger partial charge in [-0.15, -0.1) is 0 Å². The summed E-state index contributed by atoms with van der Waals surface area (Å²) in [6, 6.07) is 4.52. The van der Waals surface area contributed by atoms with Crippen molar-refractivity contribution in [2.45, 2.75) is 39.0 Å². The van der Waals surface area contributed by atoms with Gasteiger partial charge in [0.15, 0.2) is 0 Å². The Morgan fingerprint density at radius 1 is 1.36 bits per heavy atom. The smallest absolute Gasteiger partial charge is 0.272 e. The molecule has 0 saturated heterocycles. The molecule has 2 aliphatic carbocycles. The molecule has 1 amide bonds. The van der Waals surface area contributed by atoms with E-state index in [1.807, 2.05) is 0 Å². The monoisotopic (exact) mass is 302 g/mol. The quantitative estimate of drug-likeness (QED) is 0.668. The Hall–Kier alpha value is -1.91. The van der Waals surface area contributed by atoms with Gasteiger partial charge in [0.05, 0.1) is 4.92 Å². The Labute approximate surface area is 130 Å². The predicted molar refractivity (Wildman–Crippen MR) is 83.7 cm³/mol. The molecule has 0 spiro atoms. The van der Waals surface area contributed by atoms with Crippen LogP contribution < -0.4 is 5.32 Å². The molecule has 3 rings (SSSR count). The average Bonchev–Trinajstić information content (AvgIpc) is 3.09. The number of nitro benzene ring substituents is 1. The fourth-order valence-corrected chi connectivity index (χ4v) is 4.20. The first-order valence-corrected chi connectivity index (χ1v) is 8.08. The summed E-state index contributed by atoms with van der Waals surface area (Å²) in [5.41, 5.74) is 1.07. The molecule has 118 valence electrons. The van der Waals surface area contributed by atoms with Crippen LogP contribution in [-0.2, 0) is 0 Å². The Kier molecular flexibility index (Phi) is 4.14. The molecule has 0 aliphatic heterocycles. The zero-order valence-corrected chi connectivity index (χ0v) is 12.9. The molecule has 2 saturated carbocycles. The summed E-state index contributed by atoms with van der Waals surface area (Å²) < 4.78 is 0. The summed E-state index contributed by atoms with van der Waals surface area (Å²) in [4.78, 5) is 22.5. The molecular formula is C17H22N2O3. The zero-order chi connectivity index (χ0) is 15.7.